The van der Waals surface area contributed by atoms with Gasteiger partial charge in [-0.25, -0.2) is 4.79 Å². The van der Waals surface area contributed by atoms with Crippen LogP contribution in [-0.2, 0) is 6.54 Å². The van der Waals surface area contributed by atoms with Gasteiger partial charge in [0.25, 0.3) is 0 Å². The van der Waals surface area contributed by atoms with Crippen LogP contribution in [0.3, 0.4) is 0 Å². The van der Waals surface area contributed by atoms with E-state index in [0.717, 1.165) is 26.1 Å². The number of nitrogens with zero attached hydrogens (tertiary/aromatic N) is 1. The number of carbonyl (C=O) groups excluding carboxylic acids is 1. The minimum Gasteiger partial charge on any atom is -0.334 e. The third-order valence-electron chi connectivity index (χ3n) is 3.17. The fourth-order valence-corrected chi connectivity index (χ4v) is 2.92. The van der Waals surface area contributed by atoms with Crippen molar-refractivity contribution in [1.82, 2.24) is 15.5 Å². The number of hydrogen-bond donors (Lipinski definition) is 3. The Morgan fingerprint density at radius 1 is 1.08 bits per heavy atom. The fourth-order valence-electron chi connectivity index (χ4n) is 1.98. The first kappa shape index (κ1) is 16.4. The molecule has 0 aliphatic rings. The molecule has 0 spiro atoms. The summed E-state index contributed by atoms with van der Waals surface area (Å²) in [7, 11) is 0. The van der Waals surface area contributed by atoms with Crippen molar-refractivity contribution in [2.75, 3.05) is 5.32 Å². The van der Waals surface area contributed by atoms with E-state index in [2.05, 4.69) is 20.8 Å². The van der Waals surface area contributed by atoms with Gasteiger partial charge in [0.1, 0.15) is 0 Å². The number of benzene rings is 2. The quantitative estimate of drug-likeness (QED) is 0.627. The molecular weight excluding hydrogens is 344 g/mol. The average Bonchev–Trinajstić information content (AvgIpc) is 3.10. The van der Waals surface area contributed by atoms with Crippen LogP contribution in [0.4, 0.5) is 10.5 Å². The summed E-state index contributed by atoms with van der Waals surface area (Å²) in [6.07, 6.45) is 3.41. The summed E-state index contributed by atoms with van der Waals surface area (Å²) in [4.78, 5) is 14.0. The topological polar surface area (TPSA) is 69.8 Å². The van der Waals surface area contributed by atoms with Gasteiger partial charge in [-0.3, -0.25) is 5.10 Å². The van der Waals surface area contributed by atoms with Gasteiger partial charge in [0.05, 0.1) is 6.20 Å². The van der Waals surface area contributed by atoms with E-state index in [4.69, 9.17) is 11.6 Å². The Morgan fingerprint density at radius 2 is 1.75 bits per heavy atom. The average molecular weight is 359 g/mol. The Hall–Kier alpha value is -2.44. The lowest BCUT2D eigenvalue weighted by atomic mass is 10.3. The molecular formula is C17H15ClN4OS. The first-order valence-corrected chi connectivity index (χ1v) is 8.44. The normalized spacial score (nSPS) is 10.4. The molecule has 2 aromatic carbocycles. The van der Waals surface area contributed by atoms with Gasteiger partial charge in [-0.1, -0.05) is 23.4 Å². The lowest BCUT2D eigenvalue weighted by molar-refractivity contribution is 0.251. The van der Waals surface area contributed by atoms with E-state index in [1.54, 1.807) is 24.2 Å². The third-order valence-corrected chi connectivity index (χ3v) is 4.44. The number of aromatic amines is 1. The van der Waals surface area contributed by atoms with Crippen LogP contribution >= 0.6 is 23.4 Å². The number of H-pyrrole nitrogens is 1. The van der Waals surface area contributed by atoms with Crippen LogP contribution in [0.5, 0.6) is 0 Å². The van der Waals surface area contributed by atoms with E-state index in [1.807, 2.05) is 48.5 Å². The molecule has 122 valence electrons. The van der Waals surface area contributed by atoms with Crippen molar-refractivity contribution >= 4 is 35.1 Å². The van der Waals surface area contributed by atoms with E-state index in [9.17, 15) is 4.79 Å². The summed E-state index contributed by atoms with van der Waals surface area (Å²) < 4.78 is 0. The molecule has 2 amide bonds. The Balaban J connectivity index is 1.52. The predicted octanol–water partition coefficient (Wildman–Crippen LogP) is 4.54. The highest BCUT2D eigenvalue weighted by Gasteiger charge is 2.03. The first-order valence-electron chi connectivity index (χ1n) is 7.25. The van der Waals surface area contributed by atoms with Crippen LogP contribution in [0, 0.1) is 0 Å². The number of urea groups is 1. The third kappa shape index (κ3) is 4.78. The molecule has 7 heteroatoms. The Morgan fingerprint density at radius 3 is 2.38 bits per heavy atom. The van der Waals surface area contributed by atoms with Gasteiger partial charge in [-0.15, -0.1) is 0 Å². The second kappa shape index (κ2) is 7.90. The van der Waals surface area contributed by atoms with E-state index >= 15 is 0 Å². The number of rotatable bonds is 5. The van der Waals surface area contributed by atoms with Crippen LogP contribution in [0.2, 0.25) is 5.02 Å². The van der Waals surface area contributed by atoms with Crippen LogP contribution in [-0.4, -0.2) is 16.2 Å². The minimum absolute atomic E-state index is 0.255. The second-order valence-corrected chi connectivity index (χ2v) is 6.58. The van der Waals surface area contributed by atoms with Crippen LogP contribution in [0.25, 0.3) is 0 Å². The molecule has 0 aliphatic carbocycles. The molecule has 0 atom stereocenters. The highest BCUT2D eigenvalue weighted by atomic mass is 35.5. The van der Waals surface area contributed by atoms with Crippen molar-refractivity contribution in [1.29, 1.82) is 0 Å². The predicted molar refractivity (Wildman–Crippen MR) is 96.5 cm³/mol. The van der Waals surface area contributed by atoms with Gasteiger partial charge in [-0.05, 0) is 48.5 Å². The van der Waals surface area contributed by atoms with Crippen molar-refractivity contribution in [3.05, 3.63) is 71.5 Å². The SMILES string of the molecule is O=C(NCc1cn[nH]c1)Nc1ccc(Sc2ccc(Cl)cc2)cc1. The van der Waals surface area contributed by atoms with Crippen LogP contribution < -0.4 is 10.6 Å². The molecule has 0 saturated heterocycles. The minimum atomic E-state index is -0.255. The highest BCUT2D eigenvalue weighted by molar-refractivity contribution is 7.99. The molecule has 1 aromatic heterocycles. The number of amides is 2. The van der Waals surface area contributed by atoms with E-state index < -0.39 is 0 Å². The Bertz CT molecular complexity index is 788. The molecule has 0 bridgehead atoms. The van der Waals surface area contributed by atoms with E-state index in [0.29, 0.717) is 6.54 Å². The molecule has 1 heterocycles. The van der Waals surface area contributed by atoms with Crippen molar-refractivity contribution in [2.24, 2.45) is 0 Å². The van der Waals surface area contributed by atoms with Gasteiger partial charge in [0, 0.05) is 38.8 Å². The summed E-state index contributed by atoms with van der Waals surface area (Å²) in [6.45, 7) is 0.423. The summed E-state index contributed by atoms with van der Waals surface area (Å²) in [5.74, 6) is 0. The number of aromatic nitrogens is 2. The van der Waals surface area contributed by atoms with E-state index in [1.165, 1.54) is 0 Å². The largest absolute Gasteiger partial charge is 0.334 e. The van der Waals surface area contributed by atoms with Crippen LogP contribution in [0.15, 0.2) is 70.7 Å². The summed E-state index contributed by atoms with van der Waals surface area (Å²) >= 11 is 7.52. The number of anilines is 1. The zero-order chi connectivity index (χ0) is 16.8. The number of carbonyl (C=O) groups is 1. The summed E-state index contributed by atoms with van der Waals surface area (Å²) in [5, 5.41) is 12.8. The zero-order valence-corrected chi connectivity index (χ0v) is 14.2. The van der Waals surface area contributed by atoms with Crippen molar-refractivity contribution in [2.45, 2.75) is 16.3 Å². The maximum Gasteiger partial charge on any atom is 0.319 e. The number of halogens is 1. The van der Waals surface area contributed by atoms with Crippen LogP contribution in [0.1, 0.15) is 5.56 Å². The summed E-state index contributed by atoms with van der Waals surface area (Å²) in [5.41, 5.74) is 1.65. The van der Waals surface area contributed by atoms with Gasteiger partial charge < -0.3 is 10.6 Å². The maximum absolute atomic E-state index is 11.8. The summed E-state index contributed by atoms with van der Waals surface area (Å²) in [6, 6.07) is 15.1. The molecule has 0 saturated carbocycles. The first-order chi connectivity index (χ1) is 11.7. The molecule has 0 fully saturated rings. The molecule has 3 aromatic rings. The lowest BCUT2D eigenvalue weighted by Gasteiger charge is -2.08. The lowest BCUT2D eigenvalue weighted by Crippen LogP contribution is -2.27. The molecule has 0 aliphatic heterocycles. The highest BCUT2D eigenvalue weighted by Crippen LogP contribution is 2.29. The smallest absolute Gasteiger partial charge is 0.319 e. The Kier molecular flexibility index (Phi) is 5.40. The second-order valence-electron chi connectivity index (χ2n) is 4.99. The molecule has 5 nitrogen and oxygen atoms in total. The number of nitrogens with one attached hydrogen (secondary N) is 3. The Labute approximate surface area is 148 Å². The van der Waals surface area contributed by atoms with Gasteiger partial charge in [0.2, 0.25) is 0 Å². The van der Waals surface area contributed by atoms with Crippen molar-refractivity contribution < 1.29 is 4.79 Å². The molecule has 3 N–H and O–H groups in total. The molecule has 0 radical (unpaired) electrons. The molecule has 0 unspecified atom stereocenters. The standard InChI is InChI=1S/C17H15ClN4OS/c18-13-1-5-15(6-2-13)24-16-7-3-14(4-8-16)22-17(23)19-9-12-10-20-21-11-12/h1-8,10-11H,9H2,(H,20,21)(H2,19,22,23). The maximum atomic E-state index is 11.8. The van der Waals surface area contributed by atoms with Gasteiger partial charge >= 0.3 is 6.03 Å². The number of hydrogen-bond acceptors (Lipinski definition) is 3. The molecule has 24 heavy (non-hydrogen) atoms. The fraction of sp³-hybridized carbons (Fsp3) is 0.0588. The van der Waals surface area contributed by atoms with Crippen molar-refractivity contribution in [3.63, 3.8) is 0 Å². The van der Waals surface area contributed by atoms with Gasteiger partial charge in [-0.2, -0.15) is 5.10 Å². The van der Waals surface area contributed by atoms with E-state index in [-0.39, 0.29) is 6.03 Å². The van der Waals surface area contributed by atoms with Crippen molar-refractivity contribution in [3.8, 4) is 0 Å². The monoisotopic (exact) mass is 358 g/mol. The van der Waals surface area contributed by atoms with Gasteiger partial charge in [0.15, 0.2) is 0 Å². The molecule has 3 rings (SSSR count). The zero-order valence-electron chi connectivity index (χ0n) is 12.6.